The van der Waals surface area contributed by atoms with Crippen molar-refractivity contribution in [3.8, 4) is 0 Å². The lowest BCUT2D eigenvalue weighted by Gasteiger charge is -2.43. The minimum Gasteiger partial charge on any atom is -0.380 e. The molecule has 0 radical (unpaired) electrons. The zero-order valence-corrected chi connectivity index (χ0v) is 19.1. The highest BCUT2D eigenvalue weighted by molar-refractivity contribution is 9.10. The summed E-state index contributed by atoms with van der Waals surface area (Å²) in [6.07, 6.45) is 0.779. The van der Waals surface area contributed by atoms with Crippen LogP contribution in [0.1, 0.15) is 38.3 Å². The molecule has 0 bridgehead atoms. The van der Waals surface area contributed by atoms with Crippen molar-refractivity contribution < 1.29 is 8.42 Å². The van der Waals surface area contributed by atoms with Gasteiger partial charge in [-0.05, 0) is 54.7 Å². The Balaban J connectivity index is 1.76. The van der Waals surface area contributed by atoms with Crippen molar-refractivity contribution >= 4 is 31.6 Å². The van der Waals surface area contributed by atoms with E-state index in [0.29, 0.717) is 11.4 Å². The van der Waals surface area contributed by atoms with E-state index in [4.69, 9.17) is 0 Å². The monoisotopic (exact) mass is 462 g/mol. The second-order valence-corrected chi connectivity index (χ2v) is 11.4. The summed E-state index contributed by atoms with van der Waals surface area (Å²) in [6.45, 7) is 9.07. The van der Waals surface area contributed by atoms with Crippen molar-refractivity contribution in [1.82, 2.24) is 4.31 Å². The Morgan fingerprint density at radius 3 is 2.50 bits per heavy atom. The molecule has 0 aromatic heterocycles. The van der Waals surface area contributed by atoms with Gasteiger partial charge in [0, 0.05) is 34.7 Å². The van der Waals surface area contributed by atoms with Gasteiger partial charge < -0.3 is 5.32 Å². The molecule has 2 heterocycles. The van der Waals surface area contributed by atoms with Crippen LogP contribution in [0.2, 0.25) is 0 Å². The Hall–Kier alpha value is -1.37. The lowest BCUT2D eigenvalue weighted by Crippen LogP contribution is -2.48. The lowest BCUT2D eigenvalue weighted by atomic mass is 9.67. The summed E-state index contributed by atoms with van der Waals surface area (Å²) >= 11 is 3.59. The fourth-order valence-corrected chi connectivity index (χ4v) is 7.00. The molecule has 4 rings (SSSR count). The van der Waals surface area contributed by atoms with E-state index in [0.717, 1.165) is 22.1 Å². The Bertz CT molecular complexity index is 1000. The van der Waals surface area contributed by atoms with E-state index in [2.05, 4.69) is 54.2 Å². The van der Waals surface area contributed by atoms with Gasteiger partial charge in [0.05, 0.1) is 4.90 Å². The van der Waals surface area contributed by atoms with Gasteiger partial charge in [0.2, 0.25) is 10.0 Å². The van der Waals surface area contributed by atoms with Gasteiger partial charge in [-0.2, -0.15) is 4.31 Å². The molecule has 3 atom stereocenters. The topological polar surface area (TPSA) is 49.4 Å². The van der Waals surface area contributed by atoms with Crippen molar-refractivity contribution in [2.75, 3.05) is 11.9 Å². The van der Waals surface area contributed by atoms with Crippen LogP contribution < -0.4 is 5.32 Å². The van der Waals surface area contributed by atoms with Crippen LogP contribution in [-0.2, 0) is 15.4 Å². The molecule has 2 aromatic rings. The fraction of sp³-hybridized carbons (Fsp3) is 0.455. The molecule has 2 aliphatic rings. The summed E-state index contributed by atoms with van der Waals surface area (Å²) in [5, 5.41) is 3.68. The molecule has 4 nitrogen and oxygen atoms in total. The number of aryl methyl sites for hydroxylation is 1. The predicted octanol–water partition coefficient (Wildman–Crippen LogP) is 4.93. The maximum atomic E-state index is 13.5. The molecular weight excluding hydrogens is 436 g/mol. The summed E-state index contributed by atoms with van der Waals surface area (Å²) < 4.78 is 29.8. The fourth-order valence-electron chi connectivity index (χ4n) is 4.90. The van der Waals surface area contributed by atoms with Crippen LogP contribution in [0.25, 0.3) is 0 Å². The maximum absolute atomic E-state index is 13.5. The van der Waals surface area contributed by atoms with Gasteiger partial charge in [-0.25, -0.2) is 8.42 Å². The molecule has 28 heavy (non-hydrogen) atoms. The number of halogens is 1. The number of nitrogens with zero attached hydrogens (tertiary/aromatic N) is 1. The van der Waals surface area contributed by atoms with Crippen LogP contribution in [0.5, 0.6) is 0 Å². The number of fused-ring (bicyclic) bond motifs is 2. The van der Waals surface area contributed by atoms with Gasteiger partial charge in [-0.3, -0.25) is 0 Å². The first-order valence-electron chi connectivity index (χ1n) is 9.81. The zero-order chi connectivity index (χ0) is 20.3. The summed E-state index contributed by atoms with van der Waals surface area (Å²) in [6, 6.07) is 13.5. The van der Waals surface area contributed by atoms with Gasteiger partial charge >= 0.3 is 0 Å². The number of sulfonamides is 1. The third-order valence-electron chi connectivity index (χ3n) is 6.57. The largest absolute Gasteiger partial charge is 0.380 e. The second-order valence-electron chi connectivity index (χ2n) is 8.55. The highest BCUT2D eigenvalue weighted by Crippen LogP contribution is 2.49. The summed E-state index contributed by atoms with van der Waals surface area (Å²) in [4.78, 5) is 0.383. The van der Waals surface area contributed by atoms with Crippen molar-refractivity contribution in [3.63, 3.8) is 0 Å². The van der Waals surface area contributed by atoms with E-state index in [-0.39, 0.29) is 23.4 Å². The number of hydrogen-bond acceptors (Lipinski definition) is 3. The first kappa shape index (κ1) is 19.9. The average molecular weight is 463 g/mol. The minimum absolute atomic E-state index is 0.0626. The molecule has 0 spiro atoms. The van der Waals surface area contributed by atoms with Crippen LogP contribution in [0.3, 0.4) is 0 Å². The number of benzene rings is 2. The molecule has 2 aromatic carbocycles. The molecule has 1 N–H and O–H groups in total. The molecule has 2 aliphatic heterocycles. The number of hydrogen-bond donors (Lipinski definition) is 1. The first-order chi connectivity index (χ1) is 13.2. The molecule has 0 saturated carbocycles. The summed E-state index contributed by atoms with van der Waals surface area (Å²) in [5.74, 6) is 0.208. The van der Waals surface area contributed by atoms with Crippen LogP contribution in [0.15, 0.2) is 51.8 Å². The summed E-state index contributed by atoms with van der Waals surface area (Å²) in [5.41, 5.74) is 3.29. The van der Waals surface area contributed by atoms with Crippen LogP contribution >= 0.6 is 15.9 Å². The molecule has 0 amide bonds. The van der Waals surface area contributed by atoms with Crippen LogP contribution in [0.4, 0.5) is 5.69 Å². The van der Waals surface area contributed by atoms with Gasteiger partial charge in [0.1, 0.15) is 0 Å². The second kappa shape index (κ2) is 6.85. The SMILES string of the molecule is CCC1[C@@H]2Nc3ccc(Br)cc3C(C)(C)[C@H]2CN1S(=O)(=O)c1ccc(C)cc1. The van der Waals surface area contributed by atoms with Gasteiger partial charge in [-0.15, -0.1) is 0 Å². The van der Waals surface area contributed by atoms with Crippen molar-refractivity contribution in [3.05, 3.63) is 58.1 Å². The van der Waals surface area contributed by atoms with Crippen LogP contribution in [-0.4, -0.2) is 31.4 Å². The van der Waals surface area contributed by atoms with Gasteiger partial charge in [0.25, 0.3) is 0 Å². The Kier molecular flexibility index (Phi) is 4.88. The first-order valence-corrected chi connectivity index (χ1v) is 12.0. The number of anilines is 1. The van der Waals surface area contributed by atoms with Crippen molar-refractivity contribution in [2.45, 2.75) is 56.5 Å². The molecule has 1 fully saturated rings. The van der Waals surface area contributed by atoms with E-state index < -0.39 is 10.0 Å². The highest BCUT2D eigenvalue weighted by atomic mass is 79.9. The molecule has 6 heteroatoms. The maximum Gasteiger partial charge on any atom is 0.243 e. The molecule has 0 aliphatic carbocycles. The molecular formula is C22H27BrN2O2S. The quantitative estimate of drug-likeness (QED) is 0.703. The van der Waals surface area contributed by atoms with Crippen molar-refractivity contribution in [2.24, 2.45) is 5.92 Å². The minimum atomic E-state index is -3.54. The zero-order valence-electron chi connectivity index (χ0n) is 16.7. The van der Waals surface area contributed by atoms with Crippen LogP contribution in [0, 0.1) is 12.8 Å². The number of rotatable bonds is 3. The third-order valence-corrected chi connectivity index (χ3v) is 8.96. The molecule has 150 valence electrons. The van der Waals surface area contributed by atoms with E-state index >= 15 is 0 Å². The Morgan fingerprint density at radius 2 is 1.86 bits per heavy atom. The molecule has 1 saturated heterocycles. The highest BCUT2D eigenvalue weighted by Gasteiger charge is 2.54. The standard InChI is InChI=1S/C22H27BrN2O2S/c1-5-20-21-18(22(3,4)17-12-15(23)8-11-19(17)24-21)13-25(20)28(26,27)16-9-6-14(2)7-10-16/h6-12,18,20-21,24H,5,13H2,1-4H3/t18-,20?,21+/m0/s1. The smallest absolute Gasteiger partial charge is 0.243 e. The third kappa shape index (κ3) is 3.01. The van der Waals surface area contributed by atoms with Gasteiger partial charge in [0.15, 0.2) is 0 Å². The van der Waals surface area contributed by atoms with E-state index in [1.54, 1.807) is 16.4 Å². The Morgan fingerprint density at radius 1 is 1.18 bits per heavy atom. The number of nitrogens with one attached hydrogen (secondary N) is 1. The van der Waals surface area contributed by atoms with E-state index in [1.165, 1.54) is 5.56 Å². The van der Waals surface area contributed by atoms with Crippen molar-refractivity contribution in [1.29, 1.82) is 0 Å². The lowest BCUT2D eigenvalue weighted by molar-refractivity contribution is 0.301. The summed E-state index contributed by atoms with van der Waals surface area (Å²) in [7, 11) is -3.54. The average Bonchev–Trinajstić information content (AvgIpc) is 3.03. The van der Waals surface area contributed by atoms with E-state index in [1.807, 2.05) is 25.1 Å². The Labute approximate surface area is 176 Å². The molecule has 1 unspecified atom stereocenters. The predicted molar refractivity (Wildman–Crippen MR) is 117 cm³/mol. The van der Waals surface area contributed by atoms with E-state index in [9.17, 15) is 8.42 Å². The van der Waals surface area contributed by atoms with Gasteiger partial charge in [-0.1, -0.05) is 54.4 Å². The normalized spacial score (nSPS) is 26.4.